The smallest absolute Gasteiger partial charge is 0.159 e. The number of benzene rings is 1. The van der Waals surface area contributed by atoms with E-state index in [0.717, 1.165) is 23.9 Å². The Hall–Kier alpha value is -0.960. The van der Waals surface area contributed by atoms with Crippen molar-refractivity contribution in [3.8, 4) is 0 Å². The van der Waals surface area contributed by atoms with E-state index in [2.05, 4.69) is 12.2 Å². The van der Waals surface area contributed by atoms with E-state index >= 15 is 0 Å². The largest absolute Gasteiger partial charge is 0.312 e. The van der Waals surface area contributed by atoms with Gasteiger partial charge < -0.3 is 5.32 Å². The van der Waals surface area contributed by atoms with Gasteiger partial charge in [-0.3, -0.25) is 0 Å². The summed E-state index contributed by atoms with van der Waals surface area (Å²) in [7, 11) is 0. The van der Waals surface area contributed by atoms with Crippen molar-refractivity contribution in [2.45, 2.75) is 32.7 Å². The third-order valence-corrected chi connectivity index (χ3v) is 3.55. The van der Waals surface area contributed by atoms with Crippen LogP contribution in [0.2, 0.25) is 0 Å². The topological polar surface area (TPSA) is 12.0 Å². The molecule has 0 aromatic heterocycles. The van der Waals surface area contributed by atoms with Gasteiger partial charge in [-0.15, -0.1) is 0 Å². The highest BCUT2D eigenvalue weighted by Crippen LogP contribution is 2.29. The van der Waals surface area contributed by atoms with Crippen LogP contribution in [0.5, 0.6) is 0 Å². The van der Waals surface area contributed by atoms with Crippen molar-refractivity contribution in [2.24, 2.45) is 11.8 Å². The zero-order valence-electron chi connectivity index (χ0n) is 10.2. The molecular formula is C14H19F2N. The van der Waals surface area contributed by atoms with Crippen LogP contribution in [0.4, 0.5) is 8.78 Å². The van der Waals surface area contributed by atoms with Crippen LogP contribution in [0, 0.1) is 23.5 Å². The van der Waals surface area contributed by atoms with Crippen LogP contribution in [-0.2, 0) is 6.54 Å². The Morgan fingerprint density at radius 2 is 2.06 bits per heavy atom. The molecule has 0 amide bonds. The predicted molar refractivity (Wildman–Crippen MR) is 64.6 cm³/mol. The first-order chi connectivity index (χ1) is 8.15. The van der Waals surface area contributed by atoms with Crippen molar-refractivity contribution >= 4 is 0 Å². The van der Waals surface area contributed by atoms with E-state index in [1.54, 1.807) is 6.07 Å². The average molecular weight is 239 g/mol. The van der Waals surface area contributed by atoms with Crippen molar-refractivity contribution in [1.29, 1.82) is 0 Å². The highest BCUT2D eigenvalue weighted by molar-refractivity contribution is 5.17. The maximum atomic E-state index is 13.0. The van der Waals surface area contributed by atoms with Crippen molar-refractivity contribution in [3.63, 3.8) is 0 Å². The molecule has 0 bridgehead atoms. The molecule has 17 heavy (non-hydrogen) atoms. The molecule has 0 radical (unpaired) electrons. The van der Waals surface area contributed by atoms with E-state index in [0.29, 0.717) is 6.54 Å². The Morgan fingerprint density at radius 3 is 2.71 bits per heavy atom. The van der Waals surface area contributed by atoms with E-state index in [1.165, 1.54) is 31.4 Å². The van der Waals surface area contributed by atoms with Crippen LogP contribution in [-0.4, -0.2) is 6.54 Å². The van der Waals surface area contributed by atoms with E-state index in [4.69, 9.17) is 0 Å². The minimum Gasteiger partial charge on any atom is -0.312 e. The number of nitrogens with one attached hydrogen (secondary N) is 1. The van der Waals surface area contributed by atoms with Crippen LogP contribution < -0.4 is 5.32 Å². The van der Waals surface area contributed by atoms with E-state index in [-0.39, 0.29) is 0 Å². The number of hydrogen-bond acceptors (Lipinski definition) is 1. The second-order valence-electron chi connectivity index (χ2n) is 5.16. The number of rotatable bonds is 4. The Balaban J connectivity index is 1.76. The van der Waals surface area contributed by atoms with Crippen LogP contribution in [0.1, 0.15) is 31.7 Å². The fraction of sp³-hybridized carbons (Fsp3) is 0.571. The van der Waals surface area contributed by atoms with Crippen LogP contribution >= 0.6 is 0 Å². The molecule has 2 rings (SSSR count). The van der Waals surface area contributed by atoms with Crippen molar-refractivity contribution in [2.75, 3.05) is 6.54 Å². The standard InChI is InChI=1S/C14H19F2N/c1-10-2-3-11(6-10)8-17-9-12-4-5-13(15)14(16)7-12/h4-5,7,10-11,17H,2-3,6,8-9H2,1H3. The van der Waals surface area contributed by atoms with Gasteiger partial charge in [0.25, 0.3) is 0 Å². The van der Waals surface area contributed by atoms with Gasteiger partial charge in [0.15, 0.2) is 11.6 Å². The van der Waals surface area contributed by atoms with E-state index in [9.17, 15) is 8.78 Å². The molecular weight excluding hydrogens is 220 g/mol. The molecule has 1 aliphatic rings. The molecule has 0 saturated heterocycles. The minimum atomic E-state index is -0.779. The van der Waals surface area contributed by atoms with Gasteiger partial charge in [-0.05, 0) is 48.9 Å². The molecule has 0 spiro atoms. The molecule has 3 heteroatoms. The molecule has 94 valence electrons. The molecule has 2 unspecified atom stereocenters. The lowest BCUT2D eigenvalue weighted by molar-refractivity contribution is 0.468. The van der Waals surface area contributed by atoms with Gasteiger partial charge in [-0.2, -0.15) is 0 Å². The molecule has 0 heterocycles. The molecule has 2 atom stereocenters. The van der Waals surface area contributed by atoms with Gasteiger partial charge in [0.1, 0.15) is 0 Å². The van der Waals surface area contributed by atoms with Crippen molar-refractivity contribution < 1.29 is 8.78 Å². The van der Waals surface area contributed by atoms with Gasteiger partial charge in [0, 0.05) is 6.54 Å². The van der Waals surface area contributed by atoms with Gasteiger partial charge in [-0.25, -0.2) is 8.78 Å². The van der Waals surface area contributed by atoms with Gasteiger partial charge in [0.2, 0.25) is 0 Å². The van der Waals surface area contributed by atoms with E-state index in [1.807, 2.05) is 0 Å². The first-order valence-electron chi connectivity index (χ1n) is 6.30. The molecule has 1 aliphatic carbocycles. The third kappa shape index (κ3) is 3.50. The summed E-state index contributed by atoms with van der Waals surface area (Å²) in [5, 5.41) is 3.32. The van der Waals surface area contributed by atoms with E-state index < -0.39 is 11.6 Å². The number of hydrogen-bond donors (Lipinski definition) is 1. The maximum Gasteiger partial charge on any atom is 0.159 e. The molecule has 0 aliphatic heterocycles. The predicted octanol–water partition coefficient (Wildman–Crippen LogP) is 3.49. The zero-order chi connectivity index (χ0) is 12.3. The normalized spacial score (nSPS) is 24.2. The first-order valence-corrected chi connectivity index (χ1v) is 6.30. The summed E-state index contributed by atoms with van der Waals surface area (Å²) in [5.41, 5.74) is 0.801. The Bertz CT molecular complexity index is 378. The number of halogens is 2. The lowest BCUT2D eigenvalue weighted by Crippen LogP contribution is -2.21. The SMILES string of the molecule is CC1CCC(CNCc2ccc(F)c(F)c2)C1. The molecule has 1 N–H and O–H groups in total. The van der Waals surface area contributed by atoms with Crippen LogP contribution in [0.25, 0.3) is 0 Å². The summed E-state index contributed by atoms with van der Waals surface area (Å²) in [4.78, 5) is 0. The second-order valence-corrected chi connectivity index (χ2v) is 5.16. The first kappa shape index (κ1) is 12.5. The van der Waals surface area contributed by atoms with Crippen molar-refractivity contribution in [3.05, 3.63) is 35.4 Å². The highest BCUT2D eigenvalue weighted by Gasteiger charge is 2.20. The fourth-order valence-corrected chi connectivity index (χ4v) is 2.58. The van der Waals surface area contributed by atoms with Gasteiger partial charge in [0.05, 0.1) is 0 Å². The summed E-state index contributed by atoms with van der Waals surface area (Å²) in [6, 6.07) is 4.08. The van der Waals surface area contributed by atoms with Crippen molar-refractivity contribution in [1.82, 2.24) is 5.32 Å². The summed E-state index contributed by atoms with van der Waals surface area (Å²) in [6.45, 7) is 3.88. The Kier molecular flexibility index (Phi) is 4.11. The maximum absolute atomic E-state index is 13.0. The quantitative estimate of drug-likeness (QED) is 0.848. The van der Waals surface area contributed by atoms with Crippen LogP contribution in [0.15, 0.2) is 18.2 Å². The average Bonchev–Trinajstić information content (AvgIpc) is 2.70. The Morgan fingerprint density at radius 1 is 1.24 bits per heavy atom. The molecule has 1 nitrogen and oxygen atoms in total. The van der Waals surface area contributed by atoms with Gasteiger partial charge in [-0.1, -0.05) is 19.4 Å². The monoisotopic (exact) mass is 239 g/mol. The Labute approximate surface area is 101 Å². The van der Waals surface area contributed by atoms with Crippen LogP contribution in [0.3, 0.4) is 0 Å². The highest BCUT2D eigenvalue weighted by atomic mass is 19.2. The lowest BCUT2D eigenvalue weighted by atomic mass is 10.1. The molecule has 1 fully saturated rings. The molecule has 1 aromatic rings. The fourth-order valence-electron chi connectivity index (χ4n) is 2.58. The zero-order valence-corrected chi connectivity index (χ0v) is 10.2. The molecule has 1 aromatic carbocycles. The summed E-state index contributed by atoms with van der Waals surface area (Å²) in [5.74, 6) is 0.0394. The molecule has 1 saturated carbocycles. The second kappa shape index (κ2) is 5.58. The third-order valence-electron chi connectivity index (χ3n) is 3.55. The minimum absolute atomic E-state index is 0.613. The summed E-state index contributed by atoms with van der Waals surface area (Å²) in [6.07, 6.45) is 3.88. The van der Waals surface area contributed by atoms with Gasteiger partial charge >= 0.3 is 0 Å². The summed E-state index contributed by atoms with van der Waals surface area (Å²) < 4.78 is 25.7. The summed E-state index contributed by atoms with van der Waals surface area (Å²) >= 11 is 0. The lowest BCUT2D eigenvalue weighted by Gasteiger charge is -2.11.